The monoisotopic (exact) mass is 457 g/mol. The maximum absolute atomic E-state index is 12.8. The SMILES string of the molecule is Cc1cc(C(=O)COC(=O)CCc2nc3ccccc3c(=O)n2C)c(C)n1Cc1ccccc1. The van der Waals surface area contributed by atoms with Crippen molar-refractivity contribution in [1.29, 1.82) is 0 Å². The molecule has 4 aromatic rings. The molecule has 174 valence electrons. The van der Waals surface area contributed by atoms with Crippen molar-refractivity contribution < 1.29 is 14.3 Å². The molecule has 0 amide bonds. The summed E-state index contributed by atoms with van der Waals surface area (Å²) in [5.74, 6) is -0.248. The highest BCUT2D eigenvalue weighted by Gasteiger charge is 2.18. The number of ether oxygens (including phenoxy) is 1. The van der Waals surface area contributed by atoms with Gasteiger partial charge in [0, 0.05) is 37.0 Å². The van der Waals surface area contributed by atoms with E-state index < -0.39 is 5.97 Å². The summed E-state index contributed by atoms with van der Waals surface area (Å²) in [5, 5.41) is 0.534. The molecule has 34 heavy (non-hydrogen) atoms. The van der Waals surface area contributed by atoms with E-state index in [0.717, 1.165) is 17.0 Å². The van der Waals surface area contributed by atoms with E-state index in [1.165, 1.54) is 4.57 Å². The number of para-hydroxylation sites is 1. The van der Waals surface area contributed by atoms with E-state index in [-0.39, 0.29) is 30.8 Å². The van der Waals surface area contributed by atoms with Gasteiger partial charge in [-0.1, -0.05) is 42.5 Å². The van der Waals surface area contributed by atoms with Crippen molar-refractivity contribution in [2.45, 2.75) is 33.2 Å². The quantitative estimate of drug-likeness (QED) is 0.297. The molecule has 7 heteroatoms. The van der Waals surface area contributed by atoms with Gasteiger partial charge in [0.25, 0.3) is 5.56 Å². The first-order valence-electron chi connectivity index (χ1n) is 11.2. The number of carbonyl (C=O) groups is 2. The van der Waals surface area contributed by atoms with Crippen LogP contribution in [0.3, 0.4) is 0 Å². The van der Waals surface area contributed by atoms with Gasteiger partial charge < -0.3 is 9.30 Å². The van der Waals surface area contributed by atoms with Crippen molar-refractivity contribution >= 4 is 22.7 Å². The van der Waals surface area contributed by atoms with Crippen LogP contribution in [0.2, 0.25) is 0 Å². The minimum atomic E-state index is -0.506. The summed E-state index contributed by atoms with van der Waals surface area (Å²) in [7, 11) is 1.64. The van der Waals surface area contributed by atoms with E-state index in [4.69, 9.17) is 4.74 Å². The van der Waals surface area contributed by atoms with Crippen LogP contribution in [-0.2, 0) is 29.5 Å². The molecule has 0 bridgehead atoms. The number of hydrogen-bond acceptors (Lipinski definition) is 5. The standard InChI is InChI=1S/C27H27N3O4/c1-18-15-22(19(2)30(18)16-20-9-5-4-6-10-20)24(31)17-34-26(32)14-13-25-28-23-12-8-7-11-21(23)27(33)29(25)3/h4-12,15H,13-14,16-17H2,1-3H3. The minimum absolute atomic E-state index is 0.0267. The van der Waals surface area contributed by atoms with Crippen LogP contribution in [0, 0.1) is 13.8 Å². The van der Waals surface area contributed by atoms with E-state index >= 15 is 0 Å². The van der Waals surface area contributed by atoms with Crippen LogP contribution in [0.5, 0.6) is 0 Å². The molecule has 2 aromatic heterocycles. The average molecular weight is 458 g/mol. The lowest BCUT2D eigenvalue weighted by molar-refractivity contribution is -0.142. The lowest BCUT2D eigenvalue weighted by Gasteiger charge is -2.10. The molecule has 0 fully saturated rings. The second kappa shape index (κ2) is 9.87. The average Bonchev–Trinajstić information content (AvgIpc) is 3.13. The highest BCUT2D eigenvalue weighted by atomic mass is 16.5. The Balaban J connectivity index is 1.37. The molecule has 0 aliphatic rings. The predicted octanol–water partition coefficient (Wildman–Crippen LogP) is 3.76. The Hall–Kier alpha value is -4.00. The van der Waals surface area contributed by atoms with Gasteiger partial charge in [-0.15, -0.1) is 0 Å². The Morgan fingerprint density at radius 1 is 1.00 bits per heavy atom. The van der Waals surface area contributed by atoms with Crippen LogP contribution in [0.1, 0.15) is 39.6 Å². The number of nitrogens with zero attached hydrogens (tertiary/aromatic N) is 3. The molecule has 2 heterocycles. The number of Topliss-reactive ketones (excluding diaryl/α,β-unsaturated/α-hetero) is 1. The van der Waals surface area contributed by atoms with Crippen molar-refractivity contribution in [2.75, 3.05) is 6.61 Å². The molecule has 0 aliphatic heterocycles. The zero-order valence-corrected chi connectivity index (χ0v) is 19.6. The third-order valence-electron chi connectivity index (χ3n) is 6.05. The van der Waals surface area contributed by atoms with E-state index in [9.17, 15) is 14.4 Å². The van der Waals surface area contributed by atoms with E-state index in [1.54, 1.807) is 25.2 Å². The molecule has 0 radical (unpaired) electrons. The summed E-state index contributed by atoms with van der Waals surface area (Å²) in [6.07, 6.45) is 0.272. The number of esters is 1. The molecule has 7 nitrogen and oxygen atoms in total. The molecule has 0 saturated heterocycles. The Morgan fingerprint density at radius 3 is 2.47 bits per heavy atom. The van der Waals surface area contributed by atoms with E-state index in [1.807, 2.05) is 56.3 Å². The van der Waals surface area contributed by atoms with Crippen molar-refractivity contribution in [3.8, 4) is 0 Å². The van der Waals surface area contributed by atoms with E-state index in [0.29, 0.717) is 28.8 Å². The van der Waals surface area contributed by atoms with Crippen LogP contribution in [0.15, 0.2) is 65.5 Å². The summed E-state index contributed by atoms with van der Waals surface area (Å²) >= 11 is 0. The highest BCUT2D eigenvalue weighted by molar-refractivity contribution is 5.99. The number of hydrogen-bond donors (Lipinski definition) is 0. The molecule has 0 saturated carbocycles. The van der Waals surface area contributed by atoms with Gasteiger partial charge in [-0.2, -0.15) is 0 Å². The van der Waals surface area contributed by atoms with Crippen LogP contribution < -0.4 is 5.56 Å². The fraction of sp³-hybridized carbons (Fsp3) is 0.259. The molecular formula is C27H27N3O4. The third kappa shape index (κ3) is 4.83. The Labute approximate surface area is 197 Å². The normalized spacial score (nSPS) is 11.0. The van der Waals surface area contributed by atoms with E-state index in [2.05, 4.69) is 9.55 Å². The topological polar surface area (TPSA) is 83.2 Å². The number of ketones is 1. The largest absolute Gasteiger partial charge is 0.457 e. The molecular weight excluding hydrogens is 430 g/mol. The maximum atomic E-state index is 12.8. The number of rotatable bonds is 8. The molecule has 2 aromatic carbocycles. The van der Waals surface area contributed by atoms with Gasteiger partial charge in [-0.25, -0.2) is 4.98 Å². The fourth-order valence-corrected chi connectivity index (χ4v) is 4.09. The third-order valence-corrected chi connectivity index (χ3v) is 6.05. The second-order valence-corrected chi connectivity index (χ2v) is 8.35. The summed E-state index contributed by atoms with van der Waals surface area (Å²) in [6.45, 7) is 4.21. The predicted molar refractivity (Wildman–Crippen MR) is 130 cm³/mol. The number of carbonyl (C=O) groups excluding carboxylic acids is 2. The van der Waals surface area contributed by atoms with Crippen LogP contribution >= 0.6 is 0 Å². The Bertz CT molecular complexity index is 1420. The molecule has 0 aliphatic carbocycles. The van der Waals surface area contributed by atoms with Gasteiger partial charge in [-0.05, 0) is 37.6 Å². The number of aromatic nitrogens is 3. The second-order valence-electron chi connectivity index (χ2n) is 8.35. The number of aryl methyl sites for hydroxylation is 2. The van der Waals surface area contributed by atoms with Crippen molar-refractivity contribution in [1.82, 2.24) is 14.1 Å². The summed E-state index contributed by atoms with van der Waals surface area (Å²) < 4.78 is 8.77. The fourth-order valence-electron chi connectivity index (χ4n) is 4.09. The van der Waals surface area contributed by atoms with Gasteiger partial charge >= 0.3 is 5.97 Å². The summed E-state index contributed by atoms with van der Waals surface area (Å²) in [6, 6.07) is 19.0. The molecule has 4 rings (SSSR count). The van der Waals surface area contributed by atoms with Gasteiger partial charge in [0.1, 0.15) is 5.82 Å². The first-order chi connectivity index (χ1) is 16.3. The van der Waals surface area contributed by atoms with Crippen molar-refractivity contribution in [3.63, 3.8) is 0 Å². The van der Waals surface area contributed by atoms with Gasteiger partial charge in [0.2, 0.25) is 5.78 Å². The van der Waals surface area contributed by atoms with Crippen LogP contribution in [0.4, 0.5) is 0 Å². The first kappa shape index (κ1) is 23.2. The summed E-state index contributed by atoms with van der Waals surface area (Å²) in [5.41, 5.74) is 3.95. The molecule has 0 spiro atoms. The van der Waals surface area contributed by atoms with Crippen LogP contribution in [-0.4, -0.2) is 32.5 Å². The zero-order chi connectivity index (χ0) is 24.2. The first-order valence-corrected chi connectivity index (χ1v) is 11.2. The maximum Gasteiger partial charge on any atom is 0.306 e. The summed E-state index contributed by atoms with van der Waals surface area (Å²) in [4.78, 5) is 42.1. The van der Waals surface area contributed by atoms with Crippen molar-refractivity contribution in [3.05, 3.63) is 99.4 Å². The molecule has 0 atom stereocenters. The highest BCUT2D eigenvalue weighted by Crippen LogP contribution is 2.18. The smallest absolute Gasteiger partial charge is 0.306 e. The Morgan fingerprint density at radius 2 is 1.71 bits per heavy atom. The lowest BCUT2D eigenvalue weighted by Crippen LogP contribution is -2.23. The number of benzene rings is 2. The Kier molecular flexibility index (Phi) is 6.72. The minimum Gasteiger partial charge on any atom is -0.457 e. The van der Waals surface area contributed by atoms with Crippen LogP contribution in [0.25, 0.3) is 10.9 Å². The zero-order valence-electron chi connectivity index (χ0n) is 19.6. The molecule has 0 unspecified atom stereocenters. The lowest BCUT2D eigenvalue weighted by atomic mass is 10.1. The number of fused-ring (bicyclic) bond motifs is 1. The van der Waals surface area contributed by atoms with Gasteiger partial charge in [-0.3, -0.25) is 19.0 Å². The van der Waals surface area contributed by atoms with Gasteiger partial charge in [0.05, 0.1) is 17.3 Å². The molecule has 0 N–H and O–H groups in total. The van der Waals surface area contributed by atoms with Crippen molar-refractivity contribution in [2.24, 2.45) is 7.05 Å². The van der Waals surface area contributed by atoms with Gasteiger partial charge in [0.15, 0.2) is 6.61 Å².